The molecule has 0 saturated heterocycles. The minimum Gasteiger partial charge on any atom is -0.339 e. The van der Waals surface area contributed by atoms with Gasteiger partial charge in [-0.2, -0.15) is 4.98 Å². The first-order valence-corrected chi connectivity index (χ1v) is 6.74. The number of allylic oxidation sites excluding steroid dienone is 2. The zero-order valence-corrected chi connectivity index (χ0v) is 10.8. The Morgan fingerprint density at radius 2 is 2.16 bits per heavy atom. The third kappa shape index (κ3) is 1.79. The lowest BCUT2D eigenvalue weighted by Gasteiger charge is -2.12. The maximum absolute atomic E-state index is 5.46. The molecule has 2 bridgehead atoms. The first-order valence-electron chi connectivity index (χ1n) is 6.74. The van der Waals surface area contributed by atoms with Gasteiger partial charge in [0, 0.05) is 23.4 Å². The van der Waals surface area contributed by atoms with Crippen LogP contribution < -0.4 is 0 Å². The molecule has 0 radical (unpaired) electrons. The largest absolute Gasteiger partial charge is 0.339 e. The van der Waals surface area contributed by atoms with Crippen molar-refractivity contribution in [1.82, 2.24) is 15.1 Å². The topological polar surface area (TPSA) is 51.8 Å². The molecule has 1 fully saturated rings. The van der Waals surface area contributed by atoms with E-state index in [1.807, 2.05) is 19.1 Å². The molecular weight excluding hydrogens is 238 g/mol. The van der Waals surface area contributed by atoms with E-state index in [0.717, 1.165) is 23.6 Å². The summed E-state index contributed by atoms with van der Waals surface area (Å²) in [4.78, 5) is 8.83. The molecule has 2 aliphatic rings. The van der Waals surface area contributed by atoms with Crippen molar-refractivity contribution in [1.29, 1.82) is 0 Å². The lowest BCUT2D eigenvalue weighted by atomic mass is 9.94. The Morgan fingerprint density at radius 1 is 1.21 bits per heavy atom. The van der Waals surface area contributed by atoms with Crippen LogP contribution in [0.1, 0.15) is 30.3 Å². The quantitative estimate of drug-likeness (QED) is 0.772. The molecule has 0 N–H and O–H groups in total. The molecule has 1 saturated carbocycles. The molecule has 2 aromatic heterocycles. The molecule has 0 amide bonds. The van der Waals surface area contributed by atoms with Gasteiger partial charge in [-0.25, -0.2) is 0 Å². The molecule has 0 aromatic carbocycles. The summed E-state index contributed by atoms with van der Waals surface area (Å²) < 4.78 is 5.46. The Kier molecular flexibility index (Phi) is 2.31. The summed E-state index contributed by atoms with van der Waals surface area (Å²) in [6, 6.07) is 3.95. The Labute approximate surface area is 111 Å². The zero-order chi connectivity index (χ0) is 12.8. The highest BCUT2D eigenvalue weighted by atomic mass is 16.5. The Hall–Kier alpha value is -1.97. The van der Waals surface area contributed by atoms with E-state index in [-0.39, 0.29) is 0 Å². The van der Waals surface area contributed by atoms with Gasteiger partial charge in [-0.1, -0.05) is 17.3 Å². The van der Waals surface area contributed by atoms with Gasteiger partial charge in [0.25, 0.3) is 0 Å². The van der Waals surface area contributed by atoms with Crippen LogP contribution in [0.15, 0.2) is 35.0 Å². The second-order valence-corrected chi connectivity index (χ2v) is 5.53. The number of pyridine rings is 1. The fraction of sp³-hybridized carbons (Fsp3) is 0.400. The van der Waals surface area contributed by atoms with Gasteiger partial charge in [0.2, 0.25) is 11.7 Å². The van der Waals surface area contributed by atoms with Crippen LogP contribution in [0, 0.1) is 18.8 Å². The average Bonchev–Trinajstić information content (AvgIpc) is 3.15. The van der Waals surface area contributed by atoms with Crippen molar-refractivity contribution in [3.63, 3.8) is 0 Å². The van der Waals surface area contributed by atoms with Gasteiger partial charge in [0.15, 0.2) is 0 Å². The summed E-state index contributed by atoms with van der Waals surface area (Å²) in [5, 5.41) is 4.09. The van der Waals surface area contributed by atoms with Crippen LogP contribution in [0.25, 0.3) is 11.4 Å². The van der Waals surface area contributed by atoms with Gasteiger partial charge >= 0.3 is 0 Å². The van der Waals surface area contributed by atoms with Crippen LogP contribution in [-0.4, -0.2) is 15.1 Å². The van der Waals surface area contributed by atoms with Crippen molar-refractivity contribution in [3.8, 4) is 11.4 Å². The van der Waals surface area contributed by atoms with Crippen LogP contribution >= 0.6 is 0 Å². The molecule has 3 atom stereocenters. The monoisotopic (exact) mass is 253 g/mol. The third-order valence-corrected chi connectivity index (χ3v) is 4.21. The molecule has 2 aliphatic carbocycles. The van der Waals surface area contributed by atoms with E-state index >= 15 is 0 Å². The number of hydrogen-bond donors (Lipinski definition) is 0. The van der Waals surface area contributed by atoms with Gasteiger partial charge in [-0.05, 0) is 43.7 Å². The number of rotatable bonds is 2. The minimum atomic E-state index is 0.412. The maximum Gasteiger partial charge on any atom is 0.230 e. The molecule has 0 aliphatic heterocycles. The molecule has 4 rings (SSSR count). The van der Waals surface area contributed by atoms with Gasteiger partial charge in [-0.15, -0.1) is 0 Å². The maximum atomic E-state index is 5.46. The van der Waals surface area contributed by atoms with Gasteiger partial charge < -0.3 is 4.52 Å². The number of hydrogen-bond acceptors (Lipinski definition) is 4. The van der Waals surface area contributed by atoms with Crippen molar-refractivity contribution in [2.24, 2.45) is 11.8 Å². The van der Waals surface area contributed by atoms with Gasteiger partial charge in [-0.3, -0.25) is 4.98 Å². The van der Waals surface area contributed by atoms with E-state index in [0.29, 0.717) is 23.6 Å². The Morgan fingerprint density at radius 3 is 2.84 bits per heavy atom. The zero-order valence-electron chi connectivity index (χ0n) is 10.8. The highest BCUT2D eigenvalue weighted by Crippen LogP contribution is 2.48. The van der Waals surface area contributed by atoms with Gasteiger partial charge in [0.05, 0.1) is 0 Å². The number of nitrogens with zero attached hydrogens (tertiary/aromatic N) is 3. The SMILES string of the molecule is Cc1ccc(-c2noc(C3CC4C=CC3C4)n2)cn1. The number of fused-ring (bicyclic) bond motifs is 2. The number of aromatic nitrogens is 3. The van der Waals surface area contributed by atoms with Crippen LogP contribution in [0.5, 0.6) is 0 Å². The van der Waals surface area contributed by atoms with Crippen molar-refractivity contribution < 1.29 is 4.52 Å². The van der Waals surface area contributed by atoms with Crippen molar-refractivity contribution in [2.75, 3.05) is 0 Å². The number of aryl methyl sites for hydroxylation is 1. The van der Waals surface area contributed by atoms with E-state index in [9.17, 15) is 0 Å². The van der Waals surface area contributed by atoms with E-state index in [4.69, 9.17) is 4.52 Å². The first-order chi connectivity index (χ1) is 9.29. The smallest absolute Gasteiger partial charge is 0.230 e. The Bertz CT molecular complexity index is 629. The third-order valence-electron chi connectivity index (χ3n) is 4.21. The first kappa shape index (κ1) is 10.9. The molecule has 4 heteroatoms. The van der Waals surface area contributed by atoms with Crippen LogP contribution in [0.2, 0.25) is 0 Å². The molecule has 96 valence electrons. The molecule has 3 unspecified atom stereocenters. The minimum absolute atomic E-state index is 0.412. The van der Waals surface area contributed by atoms with Crippen molar-refractivity contribution in [3.05, 3.63) is 42.1 Å². The second kappa shape index (κ2) is 4.02. The predicted molar refractivity (Wildman–Crippen MR) is 70.4 cm³/mol. The van der Waals surface area contributed by atoms with Crippen molar-refractivity contribution >= 4 is 0 Å². The molecule has 19 heavy (non-hydrogen) atoms. The molecule has 0 spiro atoms. The predicted octanol–water partition coefficient (Wildman–Crippen LogP) is 3.12. The standard InChI is InChI=1S/C15H15N3O/c1-9-2-4-12(8-16-9)14-17-15(19-18-14)13-7-10-3-5-11(13)6-10/h2-5,8,10-11,13H,6-7H2,1H3. The molecule has 2 heterocycles. The molecule has 2 aromatic rings. The van der Waals surface area contributed by atoms with E-state index in [1.165, 1.54) is 6.42 Å². The van der Waals surface area contributed by atoms with Crippen LogP contribution in [0.4, 0.5) is 0 Å². The molecule has 4 nitrogen and oxygen atoms in total. The van der Waals surface area contributed by atoms with Crippen LogP contribution in [-0.2, 0) is 0 Å². The normalized spacial score (nSPS) is 28.2. The fourth-order valence-corrected chi connectivity index (χ4v) is 3.17. The summed E-state index contributed by atoms with van der Waals surface area (Å²) in [5.41, 5.74) is 1.91. The summed E-state index contributed by atoms with van der Waals surface area (Å²) >= 11 is 0. The summed E-state index contributed by atoms with van der Waals surface area (Å²) in [6.07, 6.45) is 8.81. The van der Waals surface area contributed by atoms with E-state index in [2.05, 4.69) is 27.3 Å². The highest BCUT2D eigenvalue weighted by molar-refractivity contribution is 5.52. The second-order valence-electron chi connectivity index (χ2n) is 5.53. The van der Waals surface area contributed by atoms with Gasteiger partial charge in [0.1, 0.15) is 0 Å². The lowest BCUT2D eigenvalue weighted by Crippen LogP contribution is -2.05. The lowest BCUT2D eigenvalue weighted by molar-refractivity contribution is 0.337. The van der Waals surface area contributed by atoms with E-state index in [1.54, 1.807) is 6.20 Å². The fourth-order valence-electron chi connectivity index (χ4n) is 3.17. The van der Waals surface area contributed by atoms with Crippen LogP contribution in [0.3, 0.4) is 0 Å². The average molecular weight is 253 g/mol. The summed E-state index contributed by atoms with van der Waals surface area (Å²) in [7, 11) is 0. The van der Waals surface area contributed by atoms with Crippen molar-refractivity contribution in [2.45, 2.75) is 25.7 Å². The van der Waals surface area contributed by atoms with E-state index < -0.39 is 0 Å². The molecular formula is C15H15N3O. The summed E-state index contributed by atoms with van der Waals surface area (Å²) in [6.45, 7) is 1.97. The Balaban J connectivity index is 1.63. The summed E-state index contributed by atoms with van der Waals surface area (Å²) in [5.74, 6) is 3.15. The highest BCUT2D eigenvalue weighted by Gasteiger charge is 2.39.